The minimum Gasteiger partial charge on any atom is -0.395 e. The SMILES string of the molecule is CC(=O)N1c2ccc(C(=O)NCCO)cc2[C@H](Nc2ccc(C#N)cc2)[C@@H](C)[C@@H]1C. The van der Waals surface area contributed by atoms with E-state index in [-0.39, 0.29) is 43.0 Å². The highest BCUT2D eigenvalue weighted by molar-refractivity contribution is 5.98. The van der Waals surface area contributed by atoms with E-state index in [2.05, 4.69) is 23.6 Å². The largest absolute Gasteiger partial charge is 0.395 e. The van der Waals surface area contributed by atoms with Crippen LogP contribution in [-0.4, -0.2) is 36.1 Å². The number of aliphatic hydroxyl groups is 1. The molecule has 0 saturated heterocycles. The molecule has 0 aromatic heterocycles. The minimum atomic E-state index is -0.273. The van der Waals surface area contributed by atoms with Crippen LogP contribution in [0.3, 0.4) is 0 Å². The number of nitrogens with one attached hydrogen (secondary N) is 2. The van der Waals surface area contributed by atoms with Crippen molar-refractivity contribution in [2.75, 3.05) is 23.4 Å². The first kappa shape index (κ1) is 21.3. The van der Waals surface area contributed by atoms with Gasteiger partial charge in [-0.25, -0.2) is 0 Å². The molecule has 3 rings (SSSR count). The van der Waals surface area contributed by atoms with Crippen molar-refractivity contribution in [3.63, 3.8) is 0 Å². The topological polar surface area (TPSA) is 105 Å². The maximum absolute atomic E-state index is 12.4. The number of nitriles is 1. The van der Waals surface area contributed by atoms with Crippen molar-refractivity contribution < 1.29 is 14.7 Å². The van der Waals surface area contributed by atoms with E-state index in [1.165, 1.54) is 0 Å². The minimum absolute atomic E-state index is 0.0417. The first-order valence-corrected chi connectivity index (χ1v) is 9.97. The van der Waals surface area contributed by atoms with E-state index in [9.17, 15) is 9.59 Å². The van der Waals surface area contributed by atoms with Crippen LogP contribution < -0.4 is 15.5 Å². The molecule has 0 fully saturated rings. The van der Waals surface area contributed by atoms with Gasteiger partial charge in [0.05, 0.1) is 24.3 Å². The van der Waals surface area contributed by atoms with Gasteiger partial charge in [-0.1, -0.05) is 6.92 Å². The molecule has 0 bridgehead atoms. The fraction of sp³-hybridized carbons (Fsp3) is 0.348. The number of benzene rings is 2. The third-order valence-electron chi connectivity index (χ3n) is 5.65. The Kier molecular flexibility index (Phi) is 6.38. The van der Waals surface area contributed by atoms with Gasteiger partial charge in [-0.05, 0) is 55.0 Å². The van der Waals surface area contributed by atoms with Gasteiger partial charge in [0, 0.05) is 42.4 Å². The Morgan fingerprint density at radius 3 is 2.47 bits per heavy atom. The van der Waals surface area contributed by atoms with Gasteiger partial charge in [-0.15, -0.1) is 0 Å². The van der Waals surface area contributed by atoms with E-state index in [4.69, 9.17) is 10.4 Å². The first-order valence-electron chi connectivity index (χ1n) is 9.97. The Bertz CT molecular complexity index is 981. The molecular formula is C23H26N4O3. The average Bonchev–Trinajstić information content (AvgIpc) is 2.75. The van der Waals surface area contributed by atoms with Crippen molar-refractivity contribution in [1.29, 1.82) is 5.26 Å². The van der Waals surface area contributed by atoms with Gasteiger partial charge in [-0.2, -0.15) is 5.26 Å². The fourth-order valence-corrected chi connectivity index (χ4v) is 3.94. The number of hydrogen-bond acceptors (Lipinski definition) is 5. The highest BCUT2D eigenvalue weighted by atomic mass is 16.3. The van der Waals surface area contributed by atoms with Crippen molar-refractivity contribution in [2.45, 2.75) is 32.9 Å². The lowest BCUT2D eigenvalue weighted by Crippen LogP contribution is -2.48. The summed E-state index contributed by atoms with van der Waals surface area (Å²) < 4.78 is 0. The van der Waals surface area contributed by atoms with Crippen LogP contribution in [0.1, 0.15) is 48.3 Å². The molecule has 1 aliphatic heterocycles. The lowest BCUT2D eigenvalue weighted by Gasteiger charge is -2.44. The fourth-order valence-electron chi connectivity index (χ4n) is 3.94. The van der Waals surface area contributed by atoms with Crippen LogP contribution in [0.25, 0.3) is 0 Å². The zero-order valence-corrected chi connectivity index (χ0v) is 17.3. The number of carbonyl (C=O) groups excluding carboxylic acids is 2. The van der Waals surface area contributed by atoms with Gasteiger partial charge in [0.25, 0.3) is 5.91 Å². The predicted octanol–water partition coefficient (Wildman–Crippen LogP) is 2.82. The van der Waals surface area contributed by atoms with Crippen LogP contribution in [0.5, 0.6) is 0 Å². The standard InChI is InChI=1S/C23H26N4O3/c1-14-15(2)27(16(3)29)21-9-6-18(23(30)25-10-11-28)12-20(21)22(14)26-19-7-4-17(13-24)5-8-19/h4-9,12,14-15,22,26,28H,10-11H2,1-3H3,(H,25,30)/t14-,15-,22+/m0/s1. The van der Waals surface area contributed by atoms with E-state index in [0.29, 0.717) is 11.1 Å². The zero-order valence-electron chi connectivity index (χ0n) is 17.3. The second kappa shape index (κ2) is 8.97. The van der Waals surface area contributed by atoms with Crippen LogP contribution in [-0.2, 0) is 4.79 Å². The molecule has 3 N–H and O–H groups in total. The Balaban J connectivity index is 2.03. The molecule has 2 aromatic carbocycles. The molecular weight excluding hydrogens is 380 g/mol. The lowest BCUT2D eigenvalue weighted by molar-refractivity contribution is -0.117. The molecule has 7 heteroatoms. The number of carbonyl (C=O) groups is 2. The number of rotatable bonds is 5. The summed E-state index contributed by atoms with van der Waals surface area (Å²) in [6.45, 7) is 5.68. The summed E-state index contributed by atoms with van der Waals surface area (Å²) in [5.74, 6) is -0.262. The second-order valence-corrected chi connectivity index (χ2v) is 7.55. The third kappa shape index (κ3) is 4.14. The van der Waals surface area contributed by atoms with E-state index in [0.717, 1.165) is 16.9 Å². The van der Waals surface area contributed by atoms with Crippen LogP contribution in [0.2, 0.25) is 0 Å². The number of amides is 2. The van der Waals surface area contributed by atoms with Crippen molar-refractivity contribution >= 4 is 23.2 Å². The molecule has 0 unspecified atom stereocenters. The summed E-state index contributed by atoms with van der Waals surface area (Å²) in [5.41, 5.74) is 3.54. The normalized spacial score (nSPS) is 20.1. The van der Waals surface area contributed by atoms with Crippen molar-refractivity contribution in [1.82, 2.24) is 5.32 Å². The van der Waals surface area contributed by atoms with Gasteiger partial charge in [0.1, 0.15) is 0 Å². The van der Waals surface area contributed by atoms with Crippen LogP contribution in [0, 0.1) is 17.2 Å². The van der Waals surface area contributed by atoms with E-state index >= 15 is 0 Å². The molecule has 0 radical (unpaired) electrons. The monoisotopic (exact) mass is 406 g/mol. The first-order chi connectivity index (χ1) is 14.4. The maximum Gasteiger partial charge on any atom is 0.251 e. The van der Waals surface area contributed by atoms with E-state index in [1.807, 2.05) is 25.1 Å². The molecule has 156 valence electrons. The van der Waals surface area contributed by atoms with Crippen LogP contribution in [0.15, 0.2) is 42.5 Å². The smallest absolute Gasteiger partial charge is 0.251 e. The number of anilines is 2. The summed E-state index contributed by atoms with van der Waals surface area (Å²) in [6.07, 6.45) is 0. The molecule has 0 saturated carbocycles. The molecule has 0 spiro atoms. The maximum atomic E-state index is 12.4. The van der Waals surface area contributed by atoms with E-state index in [1.54, 1.807) is 36.1 Å². The Morgan fingerprint density at radius 2 is 1.87 bits per heavy atom. The molecule has 3 atom stereocenters. The van der Waals surface area contributed by atoms with Gasteiger partial charge in [0.2, 0.25) is 5.91 Å². The highest BCUT2D eigenvalue weighted by Crippen LogP contribution is 2.42. The van der Waals surface area contributed by atoms with Gasteiger partial charge in [-0.3, -0.25) is 9.59 Å². The highest BCUT2D eigenvalue weighted by Gasteiger charge is 2.38. The zero-order chi connectivity index (χ0) is 21.8. The molecule has 2 amide bonds. The summed E-state index contributed by atoms with van der Waals surface area (Å²) in [5, 5.41) is 24.2. The average molecular weight is 406 g/mol. The second-order valence-electron chi connectivity index (χ2n) is 7.55. The molecule has 30 heavy (non-hydrogen) atoms. The Morgan fingerprint density at radius 1 is 1.17 bits per heavy atom. The van der Waals surface area contributed by atoms with Crippen molar-refractivity contribution in [2.24, 2.45) is 5.92 Å². The third-order valence-corrected chi connectivity index (χ3v) is 5.65. The van der Waals surface area contributed by atoms with Crippen molar-refractivity contribution in [3.05, 3.63) is 59.2 Å². The summed E-state index contributed by atoms with van der Waals surface area (Å²) >= 11 is 0. The van der Waals surface area contributed by atoms with E-state index < -0.39 is 0 Å². The number of aliphatic hydroxyl groups excluding tert-OH is 1. The van der Waals surface area contributed by atoms with Gasteiger partial charge in [0.15, 0.2) is 0 Å². The van der Waals surface area contributed by atoms with Gasteiger partial charge < -0.3 is 20.6 Å². The van der Waals surface area contributed by atoms with Crippen LogP contribution >= 0.6 is 0 Å². The molecule has 1 aliphatic rings. The summed E-state index contributed by atoms with van der Waals surface area (Å²) in [7, 11) is 0. The quantitative estimate of drug-likeness (QED) is 0.708. The van der Waals surface area contributed by atoms with Crippen molar-refractivity contribution in [3.8, 4) is 6.07 Å². The number of fused-ring (bicyclic) bond motifs is 1. The van der Waals surface area contributed by atoms with Crippen LogP contribution in [0.4, 0.5) is 11.4 Å². The molecule has 1 heterocycles. The predicted molar refractivity (Wildman–Crippen MR) is 115 cm³/mol. The van der Waals surface area contributed by atoms with Gasteiger partial charge >= 0.3 is 0 Å². The number of nitrogens with zero attached hydrogens (tertiary/aromatic N) is 2. The Hall–Kier alpha value is -3.37. The molecule has 0 aliphatic carbocycles. The molecule has 2 aromatic rings. The lowest BCUT2D eigenvalue weighted by atomic mass is 9.82. The molecule has 7 nitrogen and oxygen atoms in total. The summed E-state index contributed by atoms with van der Waals surface area (Å²) in [6, 6.07) is 14.4. The number of hydrogen-bond donors (Lipinski definition) is 3. The Labute approximate surface area is 176 Å². The summed E-state index contributed by atoms with van der Waals surface area (Å²) in [4.78, 5) is 26.6.